The van der Waals surface area contributed by atoms with Crippen LogP contribution in [0.5, 0.6) is 0 Å². The Morgan fingerprint density at radius 3 is 2.29 bits per heavy atom. The smallest absolute Gasteiger partial charge is 0.317 e. The molecule has 1 aromatic heterocycles. The van der Waals surface area contributed by atoms with Gasteiger partial charge in [0, 0.05) is 62.9 Å². The number of nitrogens with one attached hydrogen (secondary N) is 1. The molecule has 0 saturated carbocycles. The van der Waals surface area contributed by atoms with Gasteiger partial charge in [-0.2, -0.15) is 11.8 Å². The number of thioether (sulfide) groups is 1. The summed E-state index contributed by atoms with van der Waals surface area (Å²) in [6, 6.07) is 2.59. The van der Waals surface area contributed by atoms with Crippen LogP contribution in [0.3, 0.4) is 0 Å². The Morgan fingerprint density at radius 1 is 1.00 bits per heavy atom. The maximum atomic E-state index is 11.8. The van der Waals surface area contributed by atoms with E-state index in [0.29, 0.717) is 6.04 Å². The molecular weight excluding hydrogens is 324 g/mol. The molecule has 4 rings (SSSR count). The summed E-state index contributed by atoms with van der Waals surface area (Å²) in [6.45, 7) is 5.64. The maximum absolute atomic E-state index is 11.8. The monoisotopic (exact) mass is 348 g/mol. The minimum atomic E-state index is 0.0979. The molecule has 0 atom stereocenters. The van der Waals surface area contributed by atoms with E-state index in [1.54, 1.807) is 6.33 Å². The van der Waals surface area contributed by atoms with Crippen molar-refractivity contribution >= 4 is 29.4 Å². The fourth-order valence-corrected chi connectivity index (χ4v) is 4.62. The van der Waals surface area contributed by atoms with Gasteiger partial charge in [-0.15, -0.1) is 0 Å². The molecule has 0 bridgehead atoms. The highest BCUT2D eigenvalue weighted by Crippen LogP contribution is 2.25. The van der Waals surface area contributed by atoms with Crippen molar-refractivity contribution in [2.24, 2.45) is 0 Å². The molecule has 4 heterocycles. The van der Waals surface area contributed by atoms with E-state index in [1.807, 2.05) is 16.7 Å². The summed E-state index contributed by atoms with van der Waals surface area (Å²) in [4.78, 5) is 27.4. The van der Waals surface area contributed by atoms with Gasteiger partial charge in [-0.25, -0.2) is 14.8 Å². The minimum Gasteiger partial charge on any atom is -0.356 e. The van der Waals surface area contributed by atoms with Crippen molar-refractivity contribution in [2.75, 3.05) is 60.6 Å². The Kier molecular flexibility index (Phi) is 4.64. The van der Waals surface area contributed by atoms with Gasteiger partial charge >= 0.3 is 6.03 Å². The van der Waals surface area contributed by atoms with Gasteiger partial charge in [0.1, 0.15) is 18.0 Å². The lowest BCUT2D eigenvalue weighted by Crippen LogP contribution is -2.46. The van der Waals surface area contributed by atoms with Crippen molar-refractivity contribution in [2.45, 2.75) is 18.9 Å². The number of urea groups is 1. The molecule has 1 N–H and O–H groups in total. The molecule has 7 nitrogen and oxygen atoms in total. The molecule has 0 radical (unpaired) electrons. The lowest BCUT2D eigenvalue weighted by atomic mass is 10.0. The normalized spacial score (nSPS) is 22.8. The predicted octanol–water partition coefficient (Wildman–Crippen LogP) is 1.02. The molecule has 8 heteroatoms. The Morgan fingerprint density at radius 2 is 1.67 bits per heavy atom. The van der Waals surface area contributed by atoms with Crippen LogP contribution in [0.15, 0.2) is 12.4 Å². The first-order valence-corrected chi connectivity index (χ1v) is 9.91. The number of rotatable bonds is 3. The fourth-order valence-electron chi connectivity index (χ4n) is 3.72. The molecule has 0 aliphatic carbocycles. The number of anilines is 2. The Bertz CT molecular complexity index is 586. The summed E-state index contributed by atoms with van der Waals surface area (Å²) in [5, 5.41) is 2.90. The molecule has 0 unspecified atom stereocenters. The van der Waals surface area contributed by atoms with Crippen LogP contribution in [0.2, 0.25) is 0 Å². The van der Waals surface area contributed by atoms with Crippen LogP contribution in [-0.4, -0.2) is 77.7 Å². The Balaban J connectivity index is 1.39. The van der Waals surface area contributed by atoms with Crippen LogP contribution in [0.25, 0.3) is 0 Å². The number of carbonyl (C=O) groups excluding carboxylic acids is 1. The first kappa shape index (κ1) is 15.8. The highest BCUT2D eigenvalue weighted by atomic mass is 32.2. The molecule has 130 valence electrons. The number of piperidine rings is 1. The van der Waals surface area contributed by atoms with E-state index in [1.165, 1.54) is 11.5 Å². The quantitative estimate of drug-likeness (QED) is 0.880. The van der Waals surface area contributed by atoms with Gasteiger partial charge < -0.3 is 20.0 Å². The van der Waals surface area contributed by atoms with Crippen LogP contribution in [-0.2, 0) is 0 Å². The van der Waals surface area contributed by atoms with E-state index in [-0.39, 0.29) is 6.03 Å². The van der Waals surface area contributed by atoms with E-state index in [9.17, 15) is 4.79 Å². The first-order valence-electron chi connectivity index (χ1n) is 8.75. The molecule has 3 fully saturated rings. The third-order valence-corrected chi connectivity index (χ3v) is 6.03. The Hall–Kier alpha value is -1.70. The molecule has 3 aliphatic rings. The highest BCUT2D eigenvalue weighted by molar-refractivity contribution is 7.99. The number of nitrogens with zero attached hydrogens (tertiary/aromatic N) is 5. The summed E-state index contributed by atoms with van der Waals surface area (Å²) in [6.07, 6.45) is 3.70. The van der Waals surface area contributed by atoms with Gasteiger partial charge in [0.15, 0.2) is 0 Å². The van der Waals surface area contributed by atoms with E-state index in [4.69, 9.17) is 0 Å². The van der Waals surface area contributed by atoms with Crippen molar-refractivity contribution in [1.29, 1.82) is 0 Å². The molecular formula is C16H24N6OS. The summed E-state index contributed by atoms with van der Waals surface area (Å²) in [5.74, 6) is 4.40. The Labute approximate surface area is 146 Å². The van der Waals surface area contributed by atoms with Gasteiger partial charge in [0.05, 0.1) is 0 Å². The third-order valence-electron chi connectivity index (χ3n) is 5.09. The number of hydrogen-bond donors (Lipinski definition) is 1. The number of hydrogen-bond acceptors (Lipinski definition) is 6. The van der Waals surface area contributed by atoms with Crippen LogP contribution >= 0.6 is 11.8 Å². The summed E-state index contributed by atoms with van der Waals surface area (Å²) >= 11 is 2.01. The molecule has 1 aromatic rings. The summed E-state index contributed by atoms with van der Waals surface area (Å²) in [7, 11) is 0. The third kappa shape index (κ3) is 3.24. The molecule has 3 aliphatic heterocycles. The van der Waals surface area contributed by atoms with Gasteiger partial charge in [0.25, 0.3) is 0 Å². The van der Waals surface area contributed by atoms with Gasteiger partial charge in [0.2, 0.25) is 0 Å². The topological polar surface area (TPSA) is 64.6 Å². The van der Waals surface area contributed by atoms with Crippen LogP contribution in [0.1, 0.15) is 12.8 Å². The zero-order valence-electron chi connectivity index (χ0n) is 13.9. The van der Waals surface area contributed by atoms with Crippen molar-refractivity contribution in [3.05, 3.63) is 12.4 Å². The lowest BCUT2D eigenvalue weighted by Gasteiger charge is -2.37. The van der Waals surface area contributed by atoms with Crippen molar-refractivity contribution < 1.29 is 4.79 Å². The number of amides is 2. The van der Waals surface area contributed by atoms with Gasteiger partial charge in [-0.05, 0) is 12.8 Å². The lowest BCUT2D eigenvalue weighted by molar-refractivity contribution is 0.186. The van der Waals surface area contributed by atoms with E-state index in [0.717, 1.165) is 63.7 Å². The average Bonchev–Trinajstić information content (AvgIpc) is 3.09. The van der Waals surface area contributed by atoms with Crippen LogP contribution < -0.4 is 15.1 Å². The highest BCUT2D eigenvalue weighted by Gasteiger charge is 2.31. The van der Waals surface area contributed by atoms with Crippen molar-refractivity contribution in [1.82, 2.24) is 20.2 Å². The zero-order valence-corrected chi connectivity index (χ0v) is 14.7. The zero-order chi connectivity index (χ0) is 16.4. The average molecular weight is 348 g/mol. The molecule has 0 aromatic carbocycles. The van der Waals surface area contributed by atoms with Crippen molar-refractivity contribution in [3.8, 4) is 0 Å². The van der Waals surface area contributed by atoms with Crippen molar-refractivity contribution in [3.63, 3.8) is 0 Å². The van der Waals surface area contributed by atoms with Gasteiger partial charge in [-0.1, -0.05) is 0 Å². The second-order valence-corrected chi connectivity index (χ2v) is 7.70. The van der Waals surface area contributed by atoms with Crippen LogP contribution in [0, 0.1) is 0 Å². The first-order chi connectivity index (χ1) is 11.8. The molecule has 0 spiro atoms. The van der Waals surface area contributed by atoms with E-state index >= 15 is 0 Å². The molecule has 3 saturated heterocycles. The summed E-state index contributed by atoms with van der Waals surface area (Å²) in [5.41, 5.74) is 0. The summed E-state index contributed by atoms with van der Waals surface area (Å²) < 4.78 is 0. The van der Waals surface area contributed by atoms with Gasteiger partial charge in [-0.3, -0.25) is 0 Å². The maximum Gasteiger partial charge on any atom is 0.317 e. The minimum absolute atomic E-state index is 0.0979. The van der Waals surface area contributed by atoms with E-state index < -0.39 is 0 Å². The standard InChI is InChI=1S/C16H24N6OS/c23-16-17-3-6-22(16)13-1-4-20(5-2-13)14-11-15(19-12-18-14)21-7-9-24-10-8-21/h11-13H,1-10H2,(H,17,23). The SMILES string of the molecule is O=C1NCCN1C1CCN(c2cc(N3CCSCC3)ncn2)CC1. The molecule has 24 heavy (non-hydrogen) atoms. The second kappa shape index (κ2) is 7.04. The second-order valence-electron chi connectivity index (χ2n) is 6.48. The number of carbonyl (C=O) groups is 1. The predicted molar refractivity (Wildman–Crippen MR) is 96.9 cm³/mol. The fraction of sp³-hybridized carbons (Fsp3) is 0.688. The molecule has 2 amide bonds. The number of aromatic nitrogens is 2. The largest absolute Gasteiger partial charge is 0.356 e. The van der Waals surface area contributed by atoms with E-state index in [2.05, 4.69) is 31.2 Å². The van der Waals surface area contributed by atoms with Crippen LogP contribution in [0.4, 0.5) is 16.4 Å².